The number of aliphatic hydroxyl groups excluding tert-OH is 1. The van der Waals surface area contributed by atoms with E-state index in [1.807, 2.05) is 30.3 Å². The predicted octanol–water partition coefficient (Wildman–Crippen LogP) is 3.32. The van der Waals surface area contributed by atoms with Crippen molar-refractivity contribution in [2.45, 2.75) is 26.1 Å². The van der Waals surface area contributed by atoms with E-state index >= 15 is 0 Å². The first-order valence-electron chi connectivity index (χ1n) is 12.2. The molecule has 1 fully saturated rings. The summed E-state index contributed by atoms with van der Waals surface area (Å²) in [5.74, 6) is 1.70. The Morgan fingerprint density at radius 3 is 2.40 bits per heavy atom. The Balaban J connectivity index is 1.68. The molecular formula is C28H36N4O3. The second kappa shape index (κ2) is 12.2. The number of aryl methyl sites for hydroxylation is 1. The van der Waals surface area contributed by atoms with Gasteiger partial charge in [-0.05, 0) is 12.5 Å². The summed E-state index contributed by atoms with van der Waals surface area (Å²) in [6, 6.07) is 18.7. The molecule has 0 aliphatic carbocycles. The van der Waals surface area contributed by atoms with Crippen LogP contribution in [0.4, 0.5) is 5.82 Å². The zero-order valence-electron chi connectivity index (χ0n) is 21.0. The number of anilines is 1. The largest absolute Gasteiger partial charge is 0.389 e. The van der Waals surface area contributed by atoms with Crippen LogP contribution in [-0.4, -0.2) is 79.6 Å². The molecule has 1 N–H and O–H groups in total. The Bertz CT molecular complexity index is 1080. The van der Waals surface area contributed by atoms with E-state index in [0.29, 0.717) is 19.8 Å². The number of piperazine rings is 1. The van der Waals surface area contributed by atoms with E-state index in [4.69, 9.17) is 19.4 Å². The third kappa shape index (κ3) is 6.64. The highest BCUT2D eigenvalue weighted by atomic mass is 16.5. The third-order valence-electron chi connectivity index (χ3n) is 6.35. The van der Waals surface area contributed by atoms with Crippen molar-refractivity contribution in [1.29, 1.82) is 0 Å². The normalized spacial score (nSPS) is 15.4. The maximum Gasteiger partial charge on any atom is 0.161 e. The first kappa shape index (κ1) is 25.3. The minimum atomic E-state index is -0.472. The van der Waals surface area contributed by atoms with E-state index in [9.17, 15) is 5.11 Å². The average Bonchev–Trinajstić information content (AvgIpc) is 2.86. The molecule has 2 heterocycles. The van der Waals surface area contributed by atoms with Crippen molar-refractivity contribution in [1.82, 2.24) is 14.9 Å². The number of hydrogen-bond acceptors (Lipinski definition) is 7. The number of ether oxygens (including phenoxy) is 2. The van der Waals surface area contributed by atoms with E-state index in [2.05, 4.69) is 41.0 Å². The summed E-state index contributed by atoms with van der Waals surface area (Å²) in [7, 11) is 3.33. The standard InChI is InChI=1S/C28H36N4O3/c1-21-8-7-9-22(16-21)17-25-26(20-35-3)29-27(23-10-5-4-6-11-23)30-28(25)32-14-12-31(13-15-32)18-24(33)19-34-2/h4-11,16,24,33H,12-15,17-20H2,1-3H3. The fourth-order valence-corrected chi connectivity index (χ4v) is 4.64. The highest BCUT2D eigenvalue weighted by Gasteiger charge is 2.25. The van der Waals surface area contributed by atoms with Crippen LogP contribution in [0.3, 0.4) is 0 Å². The Kier molecular flexibility index (Phi) is 8.82. The fraction of sp³-hybridized carbons (Fsp3) is 0.429. The minimum absolute atomic E-state index is 0.355. The van der Waals surface area contributed by atoms with Gasteiger partial charge in [0.25, 0.3) is 0 Å². The Morgan fingerprint density at radius 2 is 1.71 bits per heavy atom. The van der Waals surface area contributed by atoms with Gasteiger partial charge in [0.15, 0.2) is 5.82 Å². The van der Waals surface area contributed by atoms with Gasteiger partial charge in [-0.2, -0.15) is 0 Å². The first-order chi connectivity index (χ1) is 17.1. The van der Waals surface area contributed by atoms with Crippen LogP contribution >= 0.6 is 0 Å². The van der Waals surface area contributed by atoms with Gasteiger partial charge in [0.05, 0.1) is 25.0 Å². The lowest BCUT2D eigenvalue weighted by molar-refractivity contribution is 0.0365. The van der Waals surface area contributed by atoms with Crippen molar-refractivity contribution in [3.8, 4) is 11.4 Å². The van der Waals surface area contributed by atoms with E-state index in [0.717, 1.165) is 61.1 Å². The fourth-order valence-electron chi connectivity index (χ4n) is 4.64. The molecule has 1 atom stereocenters. The summed E-state index contributed by atoms with van der Waals surface area (Å²) in [4.78, 5) is 14.7. The zero-order chi connectivity index (χ0) is 24.6. The summed E-state index contributed by atoms with van der Waals surface area (Å²) >= 11 is 0. The molecule has 7 heteroatoms. The lowest BCUT2D eigenvalue weighted by Crippen LogP contribution is -2.49. The van der Waals surface area contributed by atoms with Crippen LogP contribution in [-0.2, 0) is 22.5 Å². The predicted molar refractivity (Wildman–Crippen MR) is 139 cm³/mol. The third-order valence-corrected chi connectivity index (χ3v) is 6.35. The molecule has 0 radical (unpaired) electrons. The second-order valence-corrected chi connectivity index (χ2v) is 9.16. The Labute approximate surface area is 208 Å². The molecule has 1 aliphatic heterocycles. The molecule has 7 nitrogen and oxygen atoms in total. The van der Waals surface area contributed by atoms with Crippen LogP contribution in [0.25, 0.3) is 11.4 Å². The molecule has 1 aromatic heterocycles. The Morgan fingerprint density at radius 1 is 0.943 bits per heavy atom. The van der Waals surface area contributed by atoms with Gasteiger partial charge in [0.1, 0.15) is 5.82 Å². The maximum absolute atomic E-state index is 10.2. The molecule has 0 spiro atoms. The number of nitrogens with zero attached hydrogens (tertiary/aromatic N) is 4. The molecule has 4 rings (SSSR count). The van der Waals surface area contributed by atoms with Crippen molar-refractivity contribution < 1.29 is 14.6 Å². The molecule has 0 saturated carbocycles. The number of methoxy groups -OCH3 is 2. The first-order valence-corrected chi connectivity index (χ1v) is 12.2. The summed E-state index contributed by atoms with van der Waals surface area (Å²) < 4.78 is 10.7. The van der Waals surface area contributed by atoms with Crippen molar-refractivity contribution in [2.75, 3.05) is 58.5 Å². The van der Waals surface area contributed by atoms with E-state index in [1.54, 1.807) is 14.2 Å². The number of aromatic nitrogens is 2. The molecule has 186 valence electrons. The number of aliphatic hydroxyl groups is 1. The van der Waals surface area contributed by atoms with Crippen molar-refractivity contribution in [3.63, 3.8) is 0 Å². The summed E-state index contributed by atoms with van der Waals surface area (Å²) in [5.41, 5.74) is 5.51. The molecule has 35 heavy (non-hydrogen) atoms. The van der Waals surface area contributed by atoms with Gasteiger partial charge in [-0.25, -0.2) is 9.97 Å². The highest BCUT2D eigenvalue weighted by molar-refractivity contribution is 5.61. The number of hydrogen-bond donors (Lipinski definition) is 1. The lowest BCUT2D eigenvalue weighted by Gasteiger charge is -2.37. The molecular weight excluding hydrogens is 440 g/mol. The average molecular weight is 477 g/mol. The number of rotatable bonds is 10. The topological polar surface area (TPSA) is 71.0 Å². The van der Waals surface area contributed by atoms with Crippen LogP contribution in [0.2, 0.25) is 0 Å². The van der Waals surface area contributed by atoms with E-state index in [1.165, 1.54) is 11.1 Å². The molecule has 1 aliphatic rings. The highest BCUT2D eigenvalue weighted by Crippen LogP contribution is 2.29. The molecule has 1 saturated heterocycles. The van der Waals surface area contributed by atoms with Crippen molar-refractivity contribution in [3.05, 3.63) is 77.0 Å². The quantitative estimate of drug-likeness (QED) is 0.481. The van der Waals surface area contributed by atoms with Crippen LogP contribution in [0.15, 0.2) is 54.6 Å². The van der Waals surface area contributed by atoms with Gasteiger partial charge in [-0.3, -0.25) is 4.90 Å². The van der Waals surface area contributed by atoms with E-state index in [-0.39, 0.29) is 0 Å². The Hall–Kier alpha value is -2.84. The van der Waals surface area contributed by atoms with Gasteiger partial charge in [-0.15, -0.1) is 0 Å². The minimum Gasteiger partial charge on any atom is -0.389 e. The van der Waals surface area contributed by atoms with Crippen molar-refractivity contribution in [2.24, 2.45) is 0 Å². The van der Waals surface area contributed by atoms with Crippen LogP contribution < -0.4 is 4.90 Å². The number of benzene rings is 2. The summed E-state index contributed by atoms with van der Waals surface area (Å²) in [6.07, 6.45) is 0.276. The van der Waals surface area contributed by atoms with E-state index < -0.39 is 6.10 Å². The maximum atomic E-state index is 10.2. The zero-order valence-corrected chi connectivity index (χ0v) is 21.0. The molecule has 1 unspecified atom stereocenters. The van der Waals surface area contributed by atoms with Gasteiger partial charge in [-0.1, -0.05) is 60.2 Å². The molecule has 0 amide bonds. The van der Waals surface area contributed by atoms with Gasteiger partial charge < -0.3 is 19.5 Å². The molecule has 2 aromatic carbocycles. The smallest absolute Gasteiger partial charge is 0.161 e. The number of β-amino-alcohol motifs (C(OH)–C–C–N with tert-alkyl or cyclic N) is 1. The van der Waals surface area contributed by atoms with Crippen LogP contribution in [0.1, 0.15) is 22.4 Å². The molecule has 0 bridgehead atoms. The SMILES string of the molecule is COCc1nc(-c2ccccc2)nc(N2CCN(CC(O)COC)CC2)c1Cc1cccc(C)c1. The second-order valence-electron chi connectivity index (χ2n) is 9.16. The molecule has 3 aromatic rings. The van der Waals surface area contributed by atoms with Crippen molar-refractivity contribution >= 4 is 5.82 Å². The van der Waals surface area contributed by atoms with Gasteiger partial charge in [0.2, 0.25) is 0 Å². The summed E-state index contributed by atoms with van der Waals surface area (Å²) in [5, 5.41) is 10.2. The van der Waals surface area contributed by atoms with Gasteiger partial charge in [0, 0.05) is 64.5 Å². The monoisotopic (exact) mass is 476 g/mol. The summed E-state index contributed by atoms with van der Waals surface area (Å²) in [6.45, 7) is 6.89. The van der Waals surface area contributed by atoms with Crippen LogP contribution in [0, 0.1) is 6.92 Å². The van der Waals surface area contributed by atoms with Crippen LogP contribution in [0.5, 0.6) is 0 Å². The lowest BCUT2D eigenvalue weighted by atomic mass is 10.0. The van der Waals surface area contributed by atoms with Gasteiger partial charge >= 0.3 is 0 Å².